The quantitative estimate of drug-likeness (QED) is 0.542. The molecule has 1 amide bonds. The Morgan fingerprint density at radius 2 is 2.00 bits per heavy atom. The standard InChI is InChI=1S/C22H31NO5/c1-5-27-19-12-10-17(14-20(19)26-4)11-13-21(24)28-16(3)22(25)23-18-9-7-6-8-15(18)2/h10-16,18H,5-9H2,1-4H3,(H,23,25). The maximum absolute atomic E-state index is 12.3. The number of nitrogens with one attached hydrogen (secondary N) is 1. The topological polar surface area (TPSA) is 73.9 Å². The molecular weight excluding hydrogens is 358 g/mol. The molecule has 2 rings (SSSR count). The first-order valence-electron chi connectivity index (χ1n) is 9.94. The number of rotatable bonds is 8. The maximum Gasteiger partial charge on any atom is 0.331 e. The average Bonchev–Trinajstić information content (AvgIpc) is 2.69. The third-order valence-corrected chi connectivity index (χ3v) is 5.00. The van der Waals surface area contributed by atoms with Crippen LogP contribution in [0.25, 0.3) is 6.08 Å². The molecule has 1 aliphatic carbocycles. The van der Waals surface area contributed by atoms with E-state index in [4.69, 9.17) is 14.2 Å². The van der Waals surface area contributed by atoms with Crippen molar-refractivity contribution in [1.82, 2.24) is 5.32 Å². The summed E-state index contributed by atoms with van der Waals surface area (Å²) in [5.74, 6) is 0.879. The van der Waals surface area contributed by atoms with Crippen LogP contribution in [0.4, 0.5) is 0 Å². The van der Waals surface area contributed by atoms with E-state index in [0.29, 0.717) is 24.0 Å². The normalized spacial score (nSPS) is 20.4. The molecule has 0 spiro atoms. The molecule has 3 unspecified atom stereocenters. The summed E-state index contributed by atoms with van der Waals surface area (Å²) in [5.41, 5.74) is 0.769. The smallest absolute Gasteiger partial charge is 0.331 e. The highest BCUT2D eigenvalue weighted by Crippen LogP contribution is 2.28. The number of hydrogen-bond acceptors (Lipinski definition) is 5. The van der Waals surface area contributed by atoms with Crippen LogP contribution in [-0.2, 0) is 14.3 Å². The molecule has 1 N–H and O–H groups in total. The van der Waals surface area contributed by atoms with Crippen molar-refractivity contribution in [3.05, 3.63) is 29.8 Å². The van der Waals surface area contributed by atoms with Gasteiger partial charge in [0.25, 0.3) is 5.91 Å². The van der Waals surface area contributed by atoms with Crippen LogP contribution in [0.15, 0.2) is 24.3 Å². The summed E-state index contributed by atoms with van der Waals surface area (Å²) in [6.45, 7) is 6.18. The monoisotopic (exact) mass is 389 g/mol. The first-order valence-corrected chi connectivity index (χ1v) is 9.94. The van der Waals surface area contributed by atoms with Crippen LogP contribution in [0, 0.1) is 5.92 Å². The van der Waals surface area contributed by atoms with Gasteiger partial charge in [0.15, 0.2) is 17.6 Å². The molecule has 0 heterocycles. The van der Waals surface area contributed by atoms with Gasteiger partial charge in [0.2, 0.25) is 0 Å². The van der Waals surface area contributed by atoms with Crippen LogP contribution in [0.2, 0.25) is 0 Å². The van der Waals surface area contributed by atoms with Crippen molar-refractivity contribution in [3.63, 3.8) is 0 Å². The van der Waals surface area contributed by atoms with Crippen LogP contribution in [0.3, 0.4) is 0 Å². The van der Waals surface area contributed by atoms with Gasteiger partial charge in [-0.1, -0.05) is 25.8 Å². The molecule has 0 aliphatic heterocycles. The second-order valence-electron chi connectivity index (χ2n) is 7.13. The summed E-state index contributed by atoms with van der Waals surface area (Å²) < 4.78 is 16.0. The van der Waals surface area contributed by atoms with E-state index in [1.807, 2.05) is 13.0 Å². The highest BCUT2D eigenvalue weighted by Gasteiger charge is 2.25. The Hall–Kier alpha value is -2.50. The third kappa shape index (κ3) is 6.29. The second-order valence-corrected chi connectivity index (χ2v) is 7.13. The Morgan fingerprint density at radius 3 is 2.68 bits per heavy atom. The molecule has 1 saturated carbocycles. The van der Waals surface area contributed by atoms with Crippen molar-refractivity contribution in [1.29, 1.82) is 0 Å². The van der Waals surface area contributed by atoms with Crippen molar-refractivity contribution < 1.29 is 23.8 Å². The predicted molar refractivity (Wildman–Crippen MR) is 108 cm³/mol. The van der Waals surface area contributed by atoms with Crippen LogP contribution < -0.4 is 14.8 Å². The van der Waals surface area contributed by atoms with E-state index in [-0.39, 0.29) is 11.9 Å². The van der Waals surface area contributed by atoms with E-state index < -0.39 is 12.1 Å². The SMILES string of the molecule is CCOc1ccc(C=CC(=O)OC(C)C(=O)NC2CCCCC2C)cc1OC. The van der Waals surface area contributed by atoms with Crippen LogP contribution in [-0.4, -0.2) is 37.7 Å². The van der Waals surface area contributed by atoms with Crippen LogP contribution in [0.1, 0.15) is 52.0 Å². The number of benzene rings is 1. The summed E-state index contributed by atoms with van der Waals surface area (Å²) in [4.78, 5) is 24.4. The molecule has 0 saturated heterocycles. The van der Waals surface area contributed by atoms with Crippen molar-refractivity contribution in [2.75, 3.05) is 13.7 Å². The zero-order valence-electron chi connectivity index (χ0n) is 17.2. The van der Waals surface area contributed by atoms with Gasteiger partial charge in [-0.25, -0.2) is 4.79 Å². The Bertz CT molecular complexity index is 700. The maximum atomic E-state index is 12.3. The van der Waals surface area contributed by atoms with Crippen LogP contribution in [0.5, 0.6) is 11.5 Å². The molecule has 6 heteroatoms. The highest BCUT2D eigenvalue weighted by atomic mass is 16.5. The number of ether oxygens (including phenoxy) is 3. The lowest BCUT2D eigenvalue weighted by Gasteiger charge is -2.30. The first kappa shape index (κ1) is 21.8. The molecule has 1 aliphatic rings. The molecule has 6 nitrogen and oxygen atoms in total. The minimum Gasteiger partial charge on any atom is -0.493 e. The molecular formula is C22H31NO5. The molecule has 154 valence electrons. The molecule has 1 aromatic carbocycles. The average molecular weight is 389 g/mol. The summed E-state index contributed by atoms with van der Waals surface area (Å²) in [5, 5.41) is 3.01. The Morgan fingerprint density at radius 1 is 1.25 bits per heavy atom. The summed E-state index contributed by atoms with van der Waals surface area (Å²) in [7, 11) is 1.56. The number of esters is 1. The number of amides is 1. The van der Waals surface area contributed by atoms with E-state index in [2.05, 4.69) is 12.2 Å². The number of carbonyl (C=O) groups is 2. The third-order valence-electron chi connectivity index (χ3n) is 5.00. The Labute approximate surface area is 167 Å². The van der Waals surface area contributed by atoms with E-state index in [0.717, 1.165) is 24.8 Å². The summed E-state index contributed by atoms with van der Waals surface area (Å²) in [6.07, 6.45) is 6.52. The fourth-order valence-corrected chi connectivity index (χ4v) is 3.32. The van der Waals surface area contributed by atoms with Crippen molar-refractivity contribution >= 4 is 18.0 Å². The molecule has 1 fully saturated rings. The predicted octanol–water partition coefficient (Wildman–Crippen LogP) is 3.73. The van der Waals surface area contributed by atoms with Gasteiger partial charge in [-0.05, 0) is 56.4 Å². The fourth-order valence-electron chi connectivity index (χ4n) is 3.32. The Kier molecular flexibility index (Phi) is 8.36. The van der Waals surface area contributed by atoms with E-state index in [1.165, 1.54) is 12.5 Å². The highest BCUT2D eigenvalue weighted by molar-refractivity contribution is 5.90. The van der Waals surface area contributed by atoms with Gasteiger partial charge in [0, 0.05) is 12.1 Å². The molecule has 0 aromatic heterocycles. The lowest BCUT2D eigenvalue weighted by molar-refractivity contribution is -0.150. The minimum absolute atomic E-state index is 0.161. The summed E-state index contributed by atoms with van der Waals surface area (Å²) >= 11 is 0. The minimum atomic E-state index is -0.832. The lowest BCUT2D eigenvalue weighted by atomic mass is 9.86. The van der Waals surface area contributed by atoms with Crippen molar-refractivity contribution in [2.45, 2.75) is 58.6 Å². The van der Waals surface area contributed by atoms with Gasteiger partial charge in [-0.15, -0.1) is 0 Å². The molecule has 0 radical (unpaired) electrons. The number of hydrogen-bond donors (Lipinski definition) is 1. The van der Waals surface area contributed by atoms with E-state index >= 15 is 0 Å². The molecule has 28 heavy (non-hydrogen) atoms. The van der Waals surface area contributed by atoms with E-state index in [1.54, 1.807) is 32.2 Å². The van der Waals surface area contributed by atoms with Gasteiger partial charge in [-0.3, -0.25) is 4.79 Å². The van der Waals surface area contributed by atoms with Crippen molar-refractivity contribution in [3.8, 4) is 11.5 Å². The number of carbonyl (C=O) groups excluding carboxylic acids is 2. The molecule has 1 aromatic rings. The first-order chi connectivity index (χ1) is 13.4. The summed E-state index contributed by atoms with van der Waals surface area (Å²) in [6, 6.07) is 5.54. The lowest BCUT2D eigenvalue weighted by Crippen LogP contribution is -2.45. The fraction of sp³-hybridized carbons (Fsp3) is 0.545. The molecule has 0 bridgehead atoms. The zero-order valence-corrected chi connectivity index (χ0v) is 17.2. The van der Waals surface area contributed by atoms with Gasteiger partial charge in [0.05, 0.1) is 13.7 Å². The van der Waals surface area contributed by atoms with E-state index in [9.17, 15) is 9.59 Å². The van der Waals surface area contributed by atoms with Crippen LogP contribution >= 0.6 is 0 Å². The van der Waals surface area contributed by atoms with Crippen molar-refractivity contribution in [2.24, 2.45) is 5.92 Å². The van der Waals surface area contributed by atoms with Gasteiger partial charge in [0.1, 0.15) is 0 Å². The van der Waals surface area contributed by atoms with Gasteiger partial charge >= 0.3 is 5.97 Å². The second kappa shape index (κ2) is 10.7. The Balaban J connectivity index is 1.89. The largest absolute Gasteiger partial charge is 0.493 e. The number of methoxy groups -OCH3 is 1. The molecule has 3 atom stereocenters. The zero-order chi connectivity index (χ0) is 20.5. The van der Waals surface area contributed by atoms with Gasteiger partial charge in [-0.2, -0.15) is 0 Å². The van der Waals surface area contributed by atoms with Gasteiger partial charge < -0.3 is 19.5 Å².